The van der Waals surface area contributed by atoms with Gasteiger partial charge >= 0.3 is 6.18 Å². The van der Waals surface area contributed by atoms with Crippen LogP contribution in [0.2, 0.25) is 0 Å². The molecule has 9 heteroatoms. The van der Waals surface area contributed by atoms with E-state index >= 15 is 0 Å². The first-order chi connectivity index (χ1) is 12.6. The number of H-pyrrole nitrogens is 1. The molecule has 2 heterocycles. The van der Waals surface area contributed by atoms with Gasteiger partial charge in [0, 0.05) is 6.42 Å². The quantitative estimate of drug-likeness (QED) is 0.729. The van der Waals surface area contributed by atoms with Crippen LogP contribution in [-0.2, 0) is 12.6 Å². The number of benzene rings is 1. The Morgan fingerprint density at radius 2 is 1.85 bits per heavy atom. The third-order valence-electron chi connectivity index (χ3n) is 4.33. The lowest BCUT2D eigenvalue weighted by molar-refractivity contribution is -0.137. The van der Waals surface area contributed by atoms with Gasteiger partial charge in [-0.3, -0.25) is 4.79 Å². The van der Waals surface area contributed by atoms with Gasteiger partial charge in [0.25, 0.3) is 5.56 Å². The molecule has 0 fully saturated rings. The molecule has 0 saturated carbocycles. The van der Waals surface area contributed by atoms with E-state index in [-0.39, 0.29) is 17.4 Å². The van der Waals surface area contributed by atoms with Crippen molar-refractivity contribution in [3.63, 3.8) is 0 Å². The first-order valence-electron chi connectivity index (χ1n) is 8.41. The molecule has 2 atom stereocenters. The van der Waals surface area contributed by atoms with Crippen molar-refractivity contribution >= 4 is 11.0 Å². The van der Waals surface area contributed by atoms with Gasteiger partial charge in [-0.25, -0.2) is 9.67 Å². The molecule has 144 valence electrons. The predicted octanol–water partition coefficient (Wildman–Crippen LogP) is 2.98. The maximum Gasteiger partial charge on any atom is 0.416 e. The number of hydrogen-bond acceptors (Lipinski definition) is 4. The normalized spacial score (nSPS) is 14.5. The first-order valence-corrected chi connectivity index (χ1v) is 8.41. The number of fused-ring (bicyclic) bond motifs is 1. The van der Waals surface area contributed by atoms with E-state index in [2.05, 4.69) is 15.1 Å². The van der Waals surface area contributed by atoms with Crippen LogP contribution in [0.25, 0.3) is 11.0 Å². The molecule has 0 amide bonds. The number of aromatic amines is 1. The number of alkyl halides is 3. The topological polar surface area (TPSA) is 83.8 Å². The number of rotatable bonds is 4. The van der Waals surface area contributed by atoms with Crippen molar-refractivity contribution < 1.29 is 18.3 Å². The molecule has 0 saturated heterocycles. The Morgan fingerprint density at radius 3 is 2.41 bits per heavy atom. The maximum absolute atomic E-state index is 12.8. The first kappa shape index (κ1) is 19.1. The molecule has 0 aliphatic heterocycles. The van der Waals surface area contributed by atoms with Crippen molar-refractivity contribution in [3.05, 3.63) is 57.3 Å². The van der Waals surface area contributed by atoms with Crippen LogP contribution in [0.5, 0.6) is 0 Å². The number of hydrogen-bond donors (Lipinski definition) is 2. The van der Waals surface area contributed by atoms with E-state index in [9.17, 15) is 23.1 Å². The van der Waals surface area contributed by atoms with Crippen molar-refractivity contribution in [3.8, 4) is 0 Å². The number of aliphatic hydroxyl groups excluding tert-OH is 1. The van der Waals surface area contributed by atoms with Crippen LogP contribution >= 0.6 is 0 Å². The summed E-state index contributed by atoms with van der Waals surface area (Å²) in [6.07, 6.45) is -4.95. The van der Waals surface area contributed by atoms with E-state index in [0.29, 0.717) is 22.7 Å². The average Bonchev–Trinajstić information content (AvgIpc) is 2.91. The van der Waals surface area contributed by atoms with Crippen LogP contribution in [0.15, 0.2) is 29.1 Å². The van der Waals surface area contributed by atoms with Gasteiger partial charge in [-0.05, 0) is 38.5 Å². The van der Waals surface area contributed by atoms with Gasteiger partial charge in [-0.1, -0.05) is 12.1 Å². The van der Waals surface area contributed by atoms with Crippen molar-refractivity contribution in [2.45, 2.75) is 45.5 Å². The molecule has 2 aromatic heterocycles. The molecule has 6 nitrogen and oxygen atoms in total. The summed E-state index contributed by atoms with van der Waals surface area (Å²) in [6.45, 7) is 4.98. The zero-order valence-corrected chi connectivity index (χ0v) is 15.0. The number of nitrogens with zero attached hydrogens (tertiary/aromatic N) is 3. The Hall–Kier alpha value is -2.68. The van der Waals surface area contributed by atoms with E-state index in [1.807, 2.05) is 0 Å². The van der Waals surface area contributed by atoms with Crippen LogP contribution < -0.4 is 5.56 Å². The van der Waals surface area contributed by atoms with Gasteiger partial charge in [0.05, 0.1) is 23.4 Å². The van der Waals surface area contributed by atoms with Gasteiger partial charge < -0.3 is 10.1 Å². The fraction of sp³-hybridized carbons (Fsp3) is 0.389. The minimum atomic E-state index is -4.41. The Morgan fingerprint density at radius 1 is 1.22 bits per heavy atom. The fourth-order valence-corrected chi connectivity index (χ4v) is 3.01. The number of nitrogens with one attached hydrogen (secondary N) is 1. The van der Waals surface area contributed by atoms with Crippen molar-refractivity contribution in [1.29, 1.82) is 0 Å². The molecule has 1 aromatic carbocycles. The summed E-state index contributed by atoms with van der Waals surface area (Å²) in [5.74, 6) is 0.400. The number of aryl methyl sites for hydroxylation is 1. The van der Waals surface area contributed by atoms with Crippen molar-refractivity contribution in [2.75, 3.05) is 0 Å². The van der Waals surface area contributed by atoms with Gasteiger partial charge in [0.15, 0.2) is 5.65 Å². The molecule has 3 rings (SSSR count). The largest absolute Gasteiger partial charge is 0.416 e. The minimum Gasteiger partial charge on any atom is -0.393 e. The Balaban J connectivity index is 2.11. The zero-order valence-electron chi connectivity index (χ0n) is 15.0. The van der Waals surface area contributed by atoms with Crippen LogP contribution in [0, 0.1) is 6.92 Å². The highest BCUT2D eigenvalue weighted by atomic mass is 19.4. The average molecular weight is 380 g/mol. The van der Waals surface area contributed by atoms with Crippen LogP contribution in [0.4, 0.5) is 13.2 Å². The molecule has 0 aliphatic carbocycles. The predicted molar refractivity (Wildman–Crippen MR) is 93.5 cm³/mol. The molecule has 2 N–H and O–H groups in total. The Labute approximate surface area is 152 Å². The van der Waals surface area contributed by atoms with Crippen LogP contribution in [0.3, 0.4) is 0 Å². The van der Waals surface area contributed by atoms with E-state index < -0.39 is 23.9 Å². The van der Waals surface area contributed by atoms with E-state index in [1.165, 1.54) is 16.8 Å². The summed E-state index contributed by atoms with van der Waals surface area (Å²) in [6, 6.07) is 4.34. The molecular weight excluding hydrogens is 361 g/mol. The Kier molecular flexibility index (Phi) is 4.81. The molecule has 3 aromatic rings. The molecule has 0 unspecified atom stereocenters. The molecular formula is C18H19F3N4O2. The number of halogens is 3. The summed E-state index contributed by atoms with van der Waals surface area (Å²) < 4.78 is 39.8. The molecule has 27 heavy (non-hydrogen) atoms. The van der Waals surface area contributed by atoms with E-state index in [1.54, 1.807) is 20.8 Å². The van der Waals surface area contributed by atoms with Crippen molar-refractivity contribution in [2.24, 2.45) is 0 Å². The summed E-state index contributed by atoms with van der Waals surface area (Å²) >= 11 is 0. The third-order valence-corrected chi connectivity index (χ3v) is 4.33. The third kappa shape index (κ3) is 3.73. The molecule has 0 bridgehead atoms. The molecule has 0 aliphatic rings. The highest BCUT2D eigenvalue weighted by Crippen LogP contribution is 2.31. The summed E-state index contributed by atoms with van der Waals surface area (Å²) in [4.78, 5) is 19.3. The highest BCUT2D eigenvalue weighted by Gasteiger charge is 2.30. The SMILES string of the molecule is Cc1nc2c(c(C[C@H](C)O)nn2[C@@H](C)c2ccc(C(F)(F)F)cc2)c(=O)[nH]1. The summed E-state index contributed by atoms with van der Waals surface area (Å²) in [5, 5.41) is 14.4. The van der Waals surface area contributed by atoms with E-state index in [4.69, 9.17) is 0 Å². The highest BCUT2D eigenvalue weighted by molar-refractivity contribution is 5.77. The monoisotopic (exact) mass is 380 g/mol. The second-order valence-corrected chi connectivity index (χ2v) is 6.59. The zero-order chi connectivity index (χ0) is 19.9. The Bertz CT molecular complexity index is 1020. The van der Waals surface area contributed by atoms with E-state index in [0.717, 1.165) is 12.1 Å². The lowest BCUT2D eigenvalue weighted by Gasteiger charge is -2.15. The smallest absolute Gasteiger partial charge is 0.393 e. The number of aromatic nitrogens is 4. The molecule has 0 spiro atoms. The van der Waals surface area contributed by atoms with Gasteiger partial charge in [-0.15, -0.1) is 0 Å². The number of aliphatic hydroxyl groups is 1. The van der Waals surface area contributed by atoms with Crippen LogP contribution in [-0.4, -0.2) is 31.0 Å². The molecule has 0 radical (unpaired) electrons. The second kappa shape index (κ2) is 6.80. The summed E-state index contributed by atoms with van der Waals surface area (Å²) in [5.41, 5.74) is 0.227. The standard InChI is InChI=1S/C18H19F3N4O2/c1-9(26)8-14-15-16(22-11(3)23-17(15)27)25(24-14)10(2)12-4-6-13(7-5-12)18(19,20)21/h4-7,9-10,26H,8H2,1-3H3,(H,22,23,27)/t9-,10-/m0/s1. The van der Waals surface area contributed by atoms with Gasteiger partial charge in [0.1, 0.15) is 11.2 Å². The van der Waals surface area contributed by atoms with Crippen molar-refractivity contribution in [1.82, 2.24) is 19.7 Å². The lowest BCUT2D eigenvalue weighted by atomic mass is 10.1. The van der Waals surface area contributed by atoms with Gasteiger partial charge in [-0.2, -0.15) is 18.3 Å². The van der Waals surface area contributed by atoms with Gasteiger partial charge in [0.2, 0.25) is 0 Å². The minimum absolute atomic E-state index is 0.164. The fourth-order valence-electron chi connectivity index (χ4n) is 3.01. The second-order valence-electron chi connectivity index (χ2n) is 6.59. The lowest BCUT2D eigenvalue weighted by Crippen LogP contribution is -2.14. The maximum atomic E-state index is 12.8. The summed E-state index contributed by atoms with van der Waals surface area (Å²) in [7, 11) is 0. The van der Waals surface area contributed by atoms with Crippen LogP contribution in [0.1, 0.15) is 42.5 Å².